The van der Waals surface area contributed by atoms with E-state index in [0.717, 1.165) is 87.4 Å². The lowest BCUT2D eigenvalue weighted by molar-refractivity contribution is -0.126. The average Bonchev–Trinajstić information content (AvgIpc) is 3.60. The Bertz CT molecular complexity index is 1700. The first kappa shape index (κ1) is 33.0. The molecule has 6 rings (SSSR count). The first-order valence-corrected chi connectivity index (χ1v) is 17.4. The SMILES string of the molecule is Cc1c(CN2CCC(Nc3ncnc4sc(CC(F)(F)F)cc34)CC2)ccc2c1cc(C#N)n2CC(C)N1CCN(SCF)CC1. The molecule has 4 aromatic rings. The fourth-order valence-corrected chi connectivity index (χ4v) is 8.26. The number of anilines is 1. The standard InChI is InChI=1S/C32H38F4N8S2/c1-21(42-9-11-43(12-10-42)45-19-33)17-44-25(16-37)13-27-22(2)23(3-4-29(27)44)18-41-7-5-24(6-8-41)40-30-28-14-26(15-32(34,35)36)46-31(28)39-20-38-30/h3-4,13-14,20-21,24H,5-12,15,17-19H2,1-2H3,(H,38,39,40). The van der Waals surface area contributed by atoms with E-state index < -0.39 is 18.6 Å². The Morgan fingerprint density at radius 3 is 2.54 bits per heavy atom. The largest absolute Gasteiger partial charge is 0.393 e. The van der Waals surface area contributed by atoms with Gasteiger partial charge in [-0.3, -0.25) is 9.80 Å². The topological polar surface area (TPSA) is 76.2 Å². The first-order valence-electron chi connectivity index (χ1n) is 15.6. The van der Waals surface area contributed by atoms with E-state index in [-0.39, 0.29) is 17.0 Å². The normalized spacial score (nSPS) is 18.4. The monoisotopic (exact) mass is 674 g/mol. The summed E-state index contributed by atoms with van der Waals surface area (Å²) in [7, 11) is 0. The molecule has 1 aromatic carbocycles. The van der Waals surface area contributed by atoms with Gasteiger partial charge in [0.25, 0.3) is 0 Å². The minimum Gasteiger partial charge on any atom is -0.367 e. The van der Waals surface area contributed by atoms with Crippen molar-refractivity contribution in [3.63, 3.8) is 0 Å². The molecule has 5 heterocycles. The molecule has 0 saturated carbocycles. The van der Waals surface area contributed by atoms with Crippen molar-refractivity contribution in [2.75, 3.05) is 50.6 Å². The molecule has 1 N–H and O–H groups in total. The highest BCUT2D eigenvalue weighted by Crippen LogP contribution is 2.34. The Balaban J connectivity index is 1.08. The van der Waals surface area contributed by atoms with Crippen LogP contribution in [0.1, 0.15) is 41.5 Å². The number of nitrogens with one attached hydrogen (secondary N) is 1. The molecule has 1 atom stereocenters. The smallest absolute Gasteiger partial charge is 0.367 e. The Kier molecular flexibility index (Phi) is 10.1. The van der Waals surface area contributed by atoms with Crippen molar-refractivity contribution < 1.29 is 17.6 Å². The zero-order valence-electron chi connectivity index (χ0n) is 26.0. The number of nitrogens with zero attached hydrogens (tertiary/aromatic N) is 7. The molecule has 2 aliphatic rings. The van der Waals surface area contributed by atoms with E-state index >= 15 is 0 Å². The van der Waals surface area contributed by atoms with E-state index in [1.54, 1.807) is 6.07 Å². The minimum absolute atomic E-state index is 0.170. The van der Waals surface area contributed by atoms with Gasteiger partial charge >= 0.3 is 6.18 Å². The van der Waals surface area contributed by atoms with Crippen LogP contribution in [-0.4, -0.2) is 92.2 Å². The third-order valence-electron chi connectivity index (χ3n) is 9.23. The van der Waals surface area contributed by atoms with Gasteiger partial charge in [0, 0.05) is 80.2 Å². The molecular formula is C32H38F4N8S2. The molecule has 14 heteroatoms. The van der Waals surface area contributed by atoms with Gasteiger partial charge in [0.1, 0.15) is 34.7 Å². The summed E-state index contributed by atoms with van der Waals surface area (Å²) >= 11 is 2.31. The molecule has 0 radical (unpaired) electrons. The Morgan fingerprint density at radius 1 is 1.09 bits per heavy atom. The van der Waals surface area contributed by atoms with Gasteiger partial charge < -0.3 is 9.88 Å². The maximum absolute atomic E-state index is 12.9. The first-order chi connectivity index (χ1) is 22.1. The summed E-state index contributed by atoms with van der Waals surface area (Å²) in [4.78, 5) is 14.2. The van der Waals surface area contributed by atoms with Crippen LogP contribution < -0.4 is 5.32 Å². The molecule has 2 aliphatic heterocycles. The zero-order valence-corrected chi connectivity index (χ0v) is 27.6. The third-order valence-corrected chi connectivity index (χ3v) is 11.1. The quantitative estimate of drug-likeness (QED) is 0.149. The number of hydrogen-bond acceptors (Lipinski definition) is 9. The van der Waals surface area contributed by atoms with E-state index in [4.69, 9.17) is 0 Å². The van der Waals surface area contributed by atoms with E-state index in [1.807, 2.05) is 6.07 Å². The average molecular weight is 675 g/mol. The summed E-state index contributed by atoms with van der Waals surface area (Å²) in [6.45, 7) is 11.0. The predicted octanol–water partition coefficient (Wildman–Crippen LogP) is 6.59. The molecule has 246 valence electrons. The van der Waals surface area contributed by atoms with Gasteiger partial charge in [-0.1, -0.05) is 6.07 Å². The van der Waals surface area contributed by atoms with Gasteiger partial charge in [0.05, 0.1) is 11.8 Å². The third kappa shape index (κ3) is 7.44. The Hall–Kier alpha value is -2.96. The summed E-state index contributed by atoms with van der Waals surface area (Å²) < 4.78 is 55.7. The second-order valence-electron chi connectivity index (χ2n) is 12.2. The number of piperidine rings is 1. The number of likely N-dealkylation sites (tertiary alicyclic amines) is 1. The van der Waals surface area contributed by atoms with Crippen LogP contribution in [0.4, 0.5) is 23.4 Å². The zero-order chi connectivity index (χ0) is 32.4. The molecule has 0 amide bonds. The lowest BCUT2D eigenvalue weighted by Gasteiger charge is -2.37. The number of alkyl halides is 4. The summed E-state index contributed by atoms with van der Waals surface area (Å²) in [6, 6.07) is 10.3. The van der Waals surface area contributed by atoms with E-state index in [1.165, 1.54) is 29.4 Å². The van der Waals surface area contributed by atoms with Crippen LogP contribution in [0.5, 0.6) is 0 Å². The lowest BCUT2D eigenvalue weighted by Crippen LogP contribution is -2.48. The fourth-order valence-electron chi connectivity index (χ4n) is 6.68. The van der Waals surface area contributed by atoms with Crippen LogP contribution in [0.15, 0.2) is 30.6 Å². The van der Waals surface area contributed by atoms with Crippen molar-refractivity contribution in [3.05, 3.63) is 52.3 Å². The molecular weight excluding hydrogens is 637 g/mol. The Morgan fingerprint density at radius 2 is 1.85 bits per heavy atom. The number of rotatable bonds is 10. The van der Waals surface area contributed by atoms with Gasteiger partial charge in [-0.25, -0.2) is 18.7 Å². The second kappa shape index (κ2) is 14.0. The van der Waals surface area contributed by atoms with E-state index in [0.29, 0.717) is 21.7 Å². The van der Waals surface area contributed by atoms with Crippen LogP contribution >= 0.6 is 23.3 Å². The number of fused-ring (bicyclic) bond motifs is 2. The van der Waals surface area contributed by atoms with Crippen molar-refractivity contribution in [2.24, 2.45) is 0 Å². The minimum atomic E-state index is -4.26. The van der Waals surface area contributed by atoms with Crippen molar-refractivity contribution in [1.82, 2.24) is 28.6 Å². The number of benzene rings is 1. The molecule has 2 saturated heterocycles. The summed E-state index contributed by atoms with van der Waals surface area (Å²) in [5, 5.41) is 15.2. The van der Waals surface area contributed by atoms with Gasteiger partial charge in [-0.05, 0) is 68.0 Å². The maximum Gasteiger partial charge on any atom is 0.393 e. The van der Waals surface area contributed by atoms with Crippen molar-refractivity contribution >= 4 is 50.2 Å². The molecule has 3 aromatic heterocycles. The summed E-state index contributed by atoms with van der Waals surface area (Å²) in [5.74, 6) is 0.597. The fraction of sp³-hybridized carbons (Fsp3) is 0.531. The maximum atomic E-state index is 12.9. The van der Waals surface area contributed by atoms with Crippen LogP contribution in [0.3, 0.4) is 0 Å². The van der Waals surface area contributed by atoms with Gasteiger partial charge in [0.2, 0.25) is 0 Å². The van der Waals surface area contributed by atoms with Crippen molar-refractivity contribution in [1.29, 1.82) is 5.26 Å². The van der Waals surface area contributed by atoms with E-state index in [9.17, 15) is 22.8 Å². The lowest BCUT2D eigenvalue weighted by atomic mass is 10.0. The molecule has 0 bridgehead atoms. The number of halogens is 4. The summed E-state index contributed by atoms with van der Waals surface area (Å²) in [6.07, 6.45) is -2.03. The predicted molar refractivity (Wildman–Crippen MR) is 177 cm³/mol. The number of hydrogen-bond donors (Lipinski definition) is 1. The number of thiophene rings is 1. The highest BCUT2D eigenvalue weighted by atomic mass is 32.2. The van der Waals surface area contributed by atoms with Crippen LogP contribution in [0, 0.1) is 18.3 Å². The van der Waals surface area contributed by atoms with Crippen LogP contribution in [0.2, 0.25) is 0 Å². The van der Waals surface area contributed by atoms with Gasteiger partial charge in [0.15, 0.2) is 0 Å². The molecule has 0 aliphatic carbocycles. The molecule has 0 spiro atoms. The van der Waals surface area contributed by atoms with Crippen molar-refractivity contribution in [3.8, 4) is 6.07 Å². The highest BCUT2D eigenvalue weighted by Gasteiger charge is 2.29. The van der Waals surface area contributed by atoms with E-state index in [2.05, 4.69) is 66.0 Å². The number of aromatic nitrogens is 3. The molecule has 1 unspecified atom stereocenters. The Labute approximate surface area is 274 Å². The van der Waals surface area contributed by atoms with Crippen LogP contribution in [0.25, 0.3) is 21.1 Å². The molecule has 2 fully saturated rings. The highest BCUT2D eigenvalue weighted by molar-refractivity contribution is 7.96. The number of nitriles is 1. The van der Waals surface area contributed by atoms with Gasteiger partial charge in [-0.2, -0.15) is 18.4 Å². The summed E-state index contributed by atoms with van der Waals surface area (Å²) in [5.41, 5.74) is 4.16. The molecule has 46 heavy (non-hydrogen) atoms. The van der Waals surface area contributed by atoms with Gasteiger partial charge in [-0.15, -0.1) is 11.3 Å². The number of aryl methyl sites for hydroxylation is 1. The second-order valence-corrected chi connectivity index (χ2v) is 14.3. The van der Waals surface area contributed by atoms with Crippen molar-refractivity contribution in [2.45, 2.75) is 64.5 Å². The number of piperazine rings is 1. The molecule has 8 nitrogen and oxygen atoms in total. The van der Waals surface area contributed by atoms with Crippen LogP contribution in [-0.2, 0) is 19.5 Å².